The van der Waals surface area contributed by atoms with Crippen LogP contribution in [0.3, 0.4) is 0 Å². The fraction of sp³-hybridized carbons (Fsp3) is 0.0714. The molecule has 0 atom stereocenters. The highest BCUT2D eigenvalue weighted by Gasteiger charge is 2.11. The second-order valence-electron chi connectivity index (χ2n) is 4.16. The second kappa shape index (κ2) is 7.38. The van der Waals surface area contributed by atoms with Gasteiger partial charge in [-0.2, -0.15) is 0 Å². The molecule has 22 heavy (non-hydrogen) atoms. The topological polar surface area (TPSA) is 38.3 Å². The van der Waals surface area contributed by atoms with E-state index in [1.54, 1.807) is 0 Å². The summed E-state index contributed by atoms with van der Waals surface area (Å²) < 4.78 is 18.2. The molecule has 0 aliphatic carbocycles. The minimum absolute atomic E-state index is 0.0842. The summed E-state index contributed by atoms with van der Waals surface area (Å²) in [5, 5.41) is 3.33. The monoisotopic (exact) mass is 381 g/mol. The summed E-state index contributed by atoms with van der Waals surface area (Å²) in [5.41, 5.74) is 0.275. The van der Waals surface area contributed by atoms with Crippen LogP contribution in [0, 0.1) is 5.82 Å². The van der Waals surface area contributed by atoms with Crippen molar-refractivity contribution in [1.29, 1.82) is 0 Å². The Morgan fingerprint density at radius 2 is 1.68 bits per heavy atom. The Morgan fingerprint density at radius 3 is 2.36 bits per heavy atom. The summed E-state index contributed by atoms with van der Waals surface area (Å²) in [6.45, 7) is -0.328. The molecule has 3 nitrogen and oxygen atoms in total. The minimum atomic E-state index is -0.498. The third kappa shape index (κ3) is 4.40. The van der Waals surface area contributed by atoms with E-state index in [-0.39, 0.29) is 38.1 Å². The van der Waals surface area contributed by atoms with Crippen LogP contribution in [-0.4, -0.2) is 12.5 Å². The predicted octanol–water partition coefficient (Wildman–Crippen LogP) is 5.46. The minimum Gasteiger partial charge on any atom is -0.482 e. The first-order valence-electron chi connectivity index (χ1n) is 5.89. The smallest absolute Gasteiger partial charge is 0.262 e. The van der Waals surface area contributed by atoms with Gasteiger partial charge in [0.2, 0.25) is 0 Å². The molecule has 2 rings (SSSR count). The highest BCUT2D eigenvalue weighted by molar-refractivity contribution is 6.43. The number of benzene rings is 2. The fourth-order valence-electron chi connectivity index (χ4n) is 1.54. The molecule has 0 saturated heterocycles. The first-order valence-corrected chi connectivity index (χ1v) is 7.40. The number of hydrogen-bond donors (Lipinski definition) is 1. The van der Waals surface area contributed by atoms with Gasteiger partial charge in [0.25, 0.3) is 5.91 Å². The second-order valence-corrected chi connectivity index (χ2v) is 5.79. The Labute approximate surface area is 145 Å². The average Bonchev–Trinajstić information content (AvgIpc) is 2.44. The van der Waals surface area contributed by atoms with E-state index in [9.17, 15) is 9.18 Å². The molecule has 0 aromatic heterocycles. The van der Waals surface area contributed by atoms with Crippen LogP contribution < -0.4 is 10.1 Å². The molecule has 0 radical (unpaired) electrons. The van der Waals surface area contributed by atoms with Gasteiger partial charge in [-0.05, 0) is 24.3 Å². The van der Waals surface area contributed by atoms with E-state index in [4.69, 9.17) is 51.1 Å². The van der Waals surface area contributed by atoms with E-state index in [0.29, 0.717) is 0 Å². The van der Waals surface area contributed by atoms with Crippen LogP contribution >= 0.6 is 46.4 Å². The summed E-state index contributed by atoms with van der Waals surface area (Å²) in [6, 6.07) is 6.44. The summed E-state index contributed by atoms with van der Waals surface area (Å²) in [6.07, 6.45) is 0. The summed E-state index contributed by atoms with van der Waals surface area (Å²) in [7, 11) is 0. The van der Waals surface area contributed by atoms with Gasteiger partial charge in [0, 0.05) is 6.07 Å². The summed E-state index contributed by atoms with van der Waals surface area (Å²) in [4.78, 5) is 11.8. The van der Waals surface area contributed by atoms with E-state index in [2.05, 4.69) is 5.32 Å². The van der Waals surface area contributed by atoms with Crippen molar-refractivity contribution < 1.29 is 13.9 Å². The van der Waals surface area contributed by atoms with Crippen LogP contribution in [0.1, 0.15) is 0 Å². The number of anilines is 1. The van der Waals surface area contributed by atoms with Crippen LogP contribution in [0.5, 0.6) is 5.75 Å². The number of rotatable bonds is 4. The molecule has 1 amide bonds. The number of halogens is 5. The van der Waals surface area contributed by atoms with Crippen molar-refractivity contribution in [3.8, 4) is 5.75 Å². The average molecular weight is 383 g/mol. The maximum Gasteiger partial charge on any atom is 0.262 e. The van der Waals surface area contributed by atoms with Crippen LogP contribution in [0.25, 0.3) is 0 Å². The van der Waals surface area contributed by atoms with E-state index in [0.717, 1.165) is 6.07 Å². The summed E-state index contributed by atoms with van der Waals surface area (Å²) >= 11 is 23.4. The quantitative estimate of drug-likeness (QED) is 0.713. The molecule has 0 bridgehead atoms. The number of carbonyl (C=O) groups excluding carboxylic acids is 1. The lowest BCUT2D eigenvalue weighted by molar-refractivity contribution is -0.118. The Bertz CT molecular complexity index is 724. The highest BCUT2D eigenvalue weighted by atomic mass is 35.5. The van der Waals surface area contributed by atoms with Crippen LogP contribution in [0.2, 0.25) is 20.1 Å². The Hall–Kier alpha value is -1.20. The molecule has 0 unspecified atom stereocenters. The highest BCUT2D eigenvalue weighted by Crippen LogP contribution is 2.33. The maximum atomic E-state index is 12.9. The lowest BCUT2D eigenvalue weighted by Crippen LogP contribution is -2.20. The Kier molecular flexibility index (Phi) is 5.75. The first-order chi connectivity index (χ1) is 10.4. The van der Waals surface area contributed by atoms with E-state index in [1.165, 1.54) is 24.3 Å². The number of carbonyl (C=O) groups is 1. The molecule has 0 fully saturated rings. The SMILES string of the molecule is O=C(COc1cc(Cl)c(Cl)cc1Cl)Nc1ccc(F)cc1Cl. The van der Waals surface area contributed by atoms with Gasteiger partial charge in [0.1, 0.15) is 11.6 Å². The molecule has 116 valence electrons. The van der Waals surface area contributed by atoms with E-state index in [1.807, 2.05) is 0 Å². The summed E-state index contributed by atoms with van der Waals surface area (Å²) in [5.74, 6) is -0.770. The molecular weight excluding hydrogens is 375 g/mol. The molecule has 2 aromatic rings. The van der Waals surface area contributed by atoms with Crippen molar-refractivity contribution in [3.63, 3.8) is 0 Å². The Balaban J connectivity index is 2.00. The first kappa shape index (κ1) is 17.2. The van der Waals surface area contributed by atoms with Crippen molar-refractivity contribution in [1.82, 2.24) is 0 Å². The fourth-order valence-corrected chi connectivity index (χ4v) is 2.34. The maximum absolute atomic E-state index is 12.9. The molecule has 0 heterocycles. The van der Waals surface area contributed by atoms with Crippen molar-refractivity contribution in [3.05, 3.63) is 56.2 Å². The normalized spacial score (nSPS) is 10.4. The van der Waals surface area contributed by atoms with Crippen LogP contribution in [-0.2, 0) is 4.79 Å². The number of ether oxygens (including phenoxy) is 1. The third-order valence-corrected chi connectivity index (χ3v) is 3.87. The molecule has 0 saturated carbocycles. The van der Waals surface area contributed by atoms with Gasteiger partial charge in [-0.15, -0.1) is 0 Å². The largest absolute Gasteiger partial charge is 0.482 e. The standard InChI is InChI=1S/C14H8Cl4FNO2/c15-8-4-11(18)13(5-9(8)16)22-6-14(21)20-12-2-1-7(19)3-10(12)17/h1-5H,6H2,(H,20,21). The number of nitrogens with one attached hydrogen (secondary N) is 1. The van der Waals surface area contributed by atoms with Gasteiger partial charge in [0.15, 0.2) is 6.61 Å². The zero-order chi connectivity index (χ0) is 16.3. The molecular formula is C14H8Cl4FNO2. The van der Waals surface area contributed by atoms with Gasteiger partial charge in [-0.1, -0.05) is 46.4 Å². The molecule has 0 aliphatic heterocycles. The van der Waals surface area contributed by atoms with Crippen LogP contribution in [0.4, 0.5) is 10.1 Å². The van der Waals surface area contributed by atoms with Crippen molar-refractivity contribution >= 4 is 58.0 Å². The van der Waals surface area contributed by atoms with Crippen molar-refractivity contribution in [2.75, 3.05) is 11.9 Å². The van der Waals surface area contributed by atoms with Crippen molar-refractivity contribution in [2.24, 2.45) is 0 Å². The number of hydrogen-bond acceptors (Lipinski definition) is 2. The van der Waals surface area contributed by atoms with Gasteiger partial charge in [0.05, 0.1) is 25.8 Å². The molecule has 2 aromatic carbocycles. The zero-order valence-electron chi connectivity index (χ0n) is 10.8. The van der Waals surface area contributed by atoms with Gasteiger partial charge in [-0.3, -0.25) is 4.79 Å². The Morgan fingerprint density at radius 1 is 1.00 bits per heavy atom. The van der Waals surface area contributed by atoms with E-state index < -0.39 is 11.7 Å². The molecule has 8 heteroatoms. The molecule has 0 aliphatic rings. The van der Waals surface area contributed by atoms with Crippen molar-refractivity contribution in [2.45, 2.75) is 0 Å². The molecule has 1 N–H and O–H groups in total. The van der Waals surface area contributed by atoms with Gasteiger partial charge >= 0.3 is 0 Å². The molecule has 0 spiro atoms. The predicted molar refractivity (Wildman–Crippen MR) is 87.0 cm³/mol. The van der Waals surface area contributed by atoms with Crippen LogP contribution in [0.15, 0.2) is 30.3 Å². The van der Waals surface area contributed by atoms with Gasteiger partial charge in [-0.25, -0.2) is 4.39 Å². The lowest BCUT2D eigenvalue weighted by Gasteiger charge is -2.10. The third-order valence-electron chi connectivity index (χ3n) is 2.54. The van der Waals surface area contributed by atoms with Gasteiger partial charge < -0.3 is 10.1 Å². The van der Waals surface area contributed by atoms with E-state index >= 15 is 0 Å². The number of amides is 1. The lowest BCUT2D eigenvalue weighted by atomic mass is 10.3. The zero-order valence-corrected chi connectivity index (χ0v) is 13.8.